The third-order valence-corrected chi connectivity index (χ3v) is 6.87. The second-order valence-corrected chi connectivity index (χ2v) is 8.47. The molecule has 4 rings (SSSR count). The van der Waals surface area contributed by atoms with Crippen molar-refractivity contribution < 1.29 is 17.9 Å². The predicted molar refractivity (Wildman–Crippen MR) is 109 cm³/mol. The molecular weight excluding hydrogens is 374 g/mol. The fourth-order valence-corrected chi connectivity index (χ4v) is 5.47. The molecule has 6 heteroatoms. The summed E-state index contributed by atoms with van der Waals surface area (Å²) >= 11 is 0. The van der Waals surface area contributed by atoms with E-state index in [9.17, 15) is 8.42 Å². The highest BCUT2D eigenvalue weighted by Gasteiger charge is 2.43. The molecular formula is C22H21NO4S. The summed E-state index contributed by atoms with van der Waals surface area (Å²) < 4.78 is 39.0. The van der Waals surface area contributed by atoms with Crippen molar-refractivity contribution in [2.45, 2.75) is 17.9 Å². The van der Waals surface area contributed by atoms with Crippen LogP contribution in [0.2, 0.25) is 0 Å². The molecule has 0 fully saturated rings. The highest BCUT2D eigenvalue weighted by Crippen LogP contribution is 2.47. The first-order valence-corrected chi connectivity index (χ1v) is 10.3. The van der Waals surface area contributed by atoms with Gasteiger partial charge in [0.1, 0.15) is 0 Å². The molecule has 0 saturated heterocycles. The molecule has 3 aromatic carbocycles. The number of methoxy groups -OCH3 is 2. The number of ether oxygens (including phenoxy) is 2. The molecule has 1 heterocycles. The van der Waals surface area contributed by atoms with Crippen LogP contribution in [0.1, 0.15) is 22.7 Å². The van der Waals surface area contributed by atoms with Gasteiger partial charge in [-0.05, 0) is 30.7 Å². The van der Waals surface area contributed by atoms with Crippen molar-refractivity contribution in [1.29, 1.82) is 0 Å². The Kier molecular flexibility index (Phi) is 4.51. The van der Waals surface area contributed by atoms with Gasteiger partial charge in [0.25, 0.3) is 10.0 Å². The highest BCUT2D eigenvalue weighted by molar-refractivity contribution is 7.93. The number of rotatable bonds is 4. The molecule has 1 aliphatic rings. The Morgan fingerprint density at radius 2 is 1.54 bits per heavy atom. The Labute approximate surface area is 165 Å². The molecule has 0 amide bonds. The van der Waals surface area contributed by atoms with Gasteiger partial charge in [0, 0.05) is 11.6 Å². The molecule has 3 aromatic rings. The number of nitrogens with zero attached hydrogens (tertiary/aromatic N) is 1. The Morgan fingerprint density at radius 1 is 0.857 bits per heavy atom. The van der Waals surface area contributed by atoms with E-state index in [-0.39, 0.29) is 0 Å². The van der Waals surface area contributed by atoms with Crippen molar-refractivity contribution in [1.82, 2.24) is 0 Å². The summed E-state index contributed by atoms with van der Waals surface area (Å²) in [6, 6.07) is 19.8. The minimum absolute atomic E-state index is 0.329. The van der Waals surface area contributed by atoms with Crippen LogP contribution in [0.3, 0.4) is 0 Å². The normalized spacial score (nSPS) is 17.2. The summed E-state index contributed by atoms with van der Waals surface area (Å²) in [5.74, 6) is 1.03. The average Bonchev–Trinajstić information content (AvgIpc) is 2.95. The van der Waals surface area contributed by atoms with Crippen molar-refractivity contribution in [2.24, 2.45) is 0 Å². The zero-order chi connectivity index (χ0) is 19.9. The number of benzene rings is 3. The second-order valence-electron chi connectivity index (χ2n) is 6.69. The van der Waals surface area contributed by atoms with Crippen LogP contribution in [0.15, 0.2) is 71.6 Å². The smallest absolute Gasteiger partial charge is 0.265 e. The molecule has 1 atom stereocenters. The van der Waals surface area contributed by atoms with Crippen LogP contribution in [0.4, 0.5) is 5.69 Å². The van der Waals surface area contributed by atoms with Gasteiger partial charge in [-0.15, -0.1) is 0 Å². The summed E-state index contributed by atoms with van der Waals surface area (Å²) in [6.45, 7) is 2.01. The predicted octanol–water partition coefficient (Wildman–Crippen LogP) is 4.31. The SMILES string of the molecule is COc1ccc(N2C(c3ccc(C)cc3)c3ccccc3S2(=O)=O)cc1OC. The fraction of sp³-hybridized carbons (Fsp3) is 0.182. The van der Waals surface area contributed by atoms with Crippen LogP contribution in [0.25, 0.3) is 0 Å². The van der Waals surface area contributed by atoms with Gasteiger partial charge in [-0.25, -0.2) is 8.42 Å². The van der Waals surface area contributed by atoms with Gasteiger partial charge in [-0.1, -0.05) is 48.0 Å². The van der Waals surface area contributed by atoms with Gasteiger partial charge in [0.2, 0.25) is 0 Å². The Hall–Kier alpha value is -2.99. The molecule has 0 spiro atoms. The highest BCUT2D eigenvalue weighted by atomic mass is 32.2. The molecule has 0 bridgehead atoms. The van der Waals surface area contributed by atoms with E-state index in [0.717, 1.165) is 16.7 Å². The first-order chi connectivity index (χ1) is 13.5. The molecule has 5 nitrogen and oxygen atoms in total. The molecule has 0 saturated carbocycles. The van der Waals surface area contributed by atoms with Crippen LogP contribution in [0, 0.1) is 6.92 Å². The minimum atomic E-state index is -3.71. The van der Waals surface area contributed by atoms with Crippen LogP contribution in [-0.4, -0.2) is 22.6 Å². The van der Waals surface area contributed by atoms with Crippen molar-refractivity contribution in [3.05, 3.63) is 83.4 Å². The zero-order valence-corrected chi connectivity index (χ0v) is 16.7. The standard InChI is InChI=1S/C22H21NO4S/c1-15-8-10-16(11-9-15)22-18-6-4-5-7-21(18)28(24,25)23(22)17-12-13-19(26-2)20(14-17)27-3/h4-14,22H,1-3H3. The first-order valence-electron chi connectivity index (χ1n) is 8.89. The number of hydrogen-bond acceptors (Lipinski definition) is 4. The summed E-state index contributed by atoms with van der Waals surface area (Å²) in [7, 11) is -0.630. The number of anilines is 1. The van der Waals surface area contributed by atoms with E-state index in [1.54, 1.807) is 37.4 Å². The Morgan fingerprint density at radius 3 is 2.21 bits per heavy atom. The van der Waals surface area contributed by atoms with Crippen molar-refractivity contribution in [3.63, 3.8) is 0 Å². The Bertz CT molecular complexity index is 1120. The quantitative estimate of drug-likeness (QED) is 0.661. The van der Waals surface area contributed by atoms with Gasteiger partial charge >= 0.3 is 0 Å². The topological polar surface area (TPSA) is 55.8 Å². The van der Waals surface area contributed by atoms with E-state index in [2.05, 4.69) is 0 Å². The van der Waals surface area contributed by atoms with Gasteiger partial charge in [0.15, 0.2) is 11.5 Å². The monoisotopic (exact) mass is 395 g/mol. The van der Waals surface area contributed by atoms with E-state index in [1.807, 2.05) is 43.3 Å². The summed E-state index contributed by atoms with van der Waals surface area (Å²) in [5.41, 5.74) is 3.32. The lowest BCUT2D eigenvalue weighted by Crippen LogP contribution is -2.28. The fourth-order valence-electron chi connectivity index (χ4n) is 3.63. The van der Waals surface area contributed by atoms with Gasteiger partial charge < -0.3 is 9.47 Å². The molecule has 0 radical (unpaired) electrons. The molecule has 0 N–H and O–H groups in total. The summed E-state index contributed by atoms with van der Waals surface area (Å²) in [6.07, 6.45) is 0. The van der Waals surface area contributed by atoms with Gasteiger partial charge in [0.05, 0.1) is 30.8 Å². The molecule has 0 aliphatic carbocycles. The van der Waals surface area contributed by atoms with Crippen LogP contribution in [0.5, 0.6) is 11.5 Å². The van der Waals surface area contributed by atoms with Gasteiger partial charge in [-0.3, -0.25) is 4.31 Å². The van der Waals surface area contributed by atoms with Crippen LogP contribution >= 0.6 is 0 Å². The maximum absolute atomic E-state index is 13.4. The Balaban J connectivity index is 1.95. The first kappa shape index (κ1) is 18.4. The number of aryl methyl sites for hydroxylation is 1. The van der Waals surface area contributed by atoms with Crippen molar-refractivity contribution in [2.75, 3.05) is 18.5 Å². The third-order valence-electron chi connectivity index (χ3n) is 5.00. The minimum Gasteiger partial charge on any atom is -0.493 e. The average molecular weight is 395 g/mol. The van der Waals surface area contributed by atoms with E-state index in [1.165, 1.54) is 11.4 Å². The van der Waals surface area contributed by atoms with Crippen molar-refractivity contribution >= 4 is 15.7 Å². The number of hydrogen-bond donors (Lipinski definition) is 0. The van der Waals surface area contributed by atoms with E-state index in [4.69, 9.17) is 9.47 Å². The largest absolute Gasteiger partial charge is 0.493 e. The lowest BCUT2D eigenvalue weighted by Gasteiger charge is -2.27. The van der Waals surface area contributed by atoms with E-state index in [0.29, 0.717) is 22.1 Å². The summed E-state index contributed by atoms with van der Waals surface area (Å²) in [4.78, 5) is 0.329. The second kappa shape index (κ2) is 6.87. The molecule has 0 aromatic heterocycles. The summed E-state index contributed by atoms with van der Waals surface area (Å²) in [5, 5.41) is 0. The van der Waals surface area contributed by atoms with Crippen LogP contribution in [-0.2, 0) is 10.0 Å². The zero-order valence-electron chi connectivity index (χ0n) is 15.9. The lowest BCUT2D eigenvalue weighted by atomic mass is 9.97. The number of sulfonamides is 1. The van der Waals surface area contributed by atoms with E-state index < -0.39 is 16.1 Å². The third kappa shape index (κ3) is 2.81. The molecule has 1 unspecified atom stereocenters. The lowest BCUT2D eigenvalue weighted by molar-refractivity contribution is 0.355. The molecule has 28 heavy (non-hydrogen) atoms. The van der Waals surface area contributed by atoms with Gasteiger partial charge in [-0.2, -0.15) is 0 Å². The van der Waals surface area contributed by atoms with Crippen molar-refractivity contribution in [3.8, 4) is 11.5 Å². The molecule has 1 aliphatic heterocycles. The maximum Gasteiger partial charge on any atom is 0.265 e. The maximum atomic E-state index is 13.4. The van der Waals surface area contributed by atoms with E-state index >= 15 is 0 Å². The number of fused-ring (bicyclic) bond motifs is 1. The molecule has 144 valence electrons. The van der Waals surface area contributed by atoms with Crippen LogP contribution < -0.4 is 13.8 Å².